The second-order valence-electron chi connectivity index (χ2n) is 6.29. The Labute approximate surface area is 140 Å². The van der Waals surface area contributed by atoms with Gasteiger partial charge in [-0.25, -0.2) is 0 Å². The van der Waals surface area contributed by atoms with Gasteiger partial charge in [-0.1, -0.05) is 34.5 Å². The van der Waals surface area contributed by atoms with Crippen molar-refractivity contribution >= 4 is 21.8 Å². The minimum absolute atomic E-state index is 0.205. The number of benzene rings is 1. The molecule has 0 aromatic heterocycles. The Bertz CT molecular complexity index is 507. The molecule has 0 bridgehead atoms. The monoisotopic (exact) mass is 365 g/mol. The van der Waals surface area contributed by atoms with Gasteiger partial charge < -0.3 is 10.6 Å². The number of nitrogens with zero attached hydrogens (tertiary/aromatic N) is 1. The summed E-state index contributed by atoms with van der Waals surface area (Å²) >= 11 is 3.46. The van der Waals surface area contributed by atoms with Gasteiger partial charge in [0.2, 0.25) is 5.91 Å². The lowest BCUT2D eigenvalue weighted by Crippen LogP contribution is -2.51. The van der Waals surface area contributed by atoms with E-state index in [9.17, 15) is 4.79 Å². The average molecular weight is 366 g/mol. The van der Waals surface area contributed by atoms with Crippen LogP contribution in [0.25, 0.3) is 0 Å². The van der Waals surface area contributed by atoms with Gasteiger partial charge in [-0.05, 0) is 30.5 Å². The molecule has 0 unspecified atom stereocenters. The molecule has 1 aliphatic heterocycles. The summed E-state index contributed by atoms with van der Waals surface area (Å²) in [6.07, 6.45) is 3.07. The van der Waals surface area contributed by atoms with Crippen LogP contribution < -0.4 is 10.6 Å². The summed E-state index contributed by atoms with van der Waals surface area (Å²) in [4.78, 5) is 15.1. The molecule has 0 radical (unpaired) electrons. The van der Waals surface area contributed by atoms with Gasteiger partial charge in [-0.15, -0.1) is 0 Å². The molecule has 0 spiro atoms. The van der Waals surface area contributed by atoms with Crippen molar-refractivity contribution in [3.05, 3.63) is 34.3 Å². The lowest BCUT2D eigenvalue weighted by atomic mass is 9.64. The summed E-state index contributed by atoms with van der Waals surface area (Å²) in [7, 11) is 0. The fourth-order valence-electron chi connectivity index (χ4n) is 3.38. The van der Waals surface area contributed by atoms with Gasteiger partial charge in [0.15, 0.2) is 0 Å². The van der Waals surface area contributed by atoms with E-state index in [2.05, 4.69) is 43.6 Å². The van der Waals surface area contributed by atoms with E-state index in [1.165, 1.54) is 0 Å². The Balaban J connectivity index is 1.56. The van der Waals surface area contributed by atoms with Crippen molar-refractivity contribution in [3.63, 3.8) is 0 Å². The van der Waals surface area contributed by atoms with Crippen LogP contribution in [0.3, 0.4) is 0 Å². The first-order valence-electron chi connectivity index (χ1n) is 8.18. The molecule has 2 fully saturated rings. The Hall–Kier alpha value is -0.910. The number of carbonyl (C=O) groups excluding carboxylic acids is 1. The van der Waals surface area contributed by atoms with Gasteiger partial charge in [0, 0.05) is 43.7 Å². The SMILES string of the molecule is O=C(NCCN1CCNCC1)C1(c2ccc(Br)cc2)CCC1. The van der Waals surface area contributed by atoms with Crippen LogP contribution in [0.1, 0.15) is 24.8 Å². The molecule has 3 rings (SSSR count). The predicted octanol–water partition coefficient (Wildman–Crippen LogP) is 1.89. The summed E-state index contributed by atoms with van der Waals surface area (Å²) in [6, 6.07) is 8.23. The van der Waals surface area contributed by atoms with Gasteiger partial charge >= 0.3 is 0 Å². The summed E-state index contributed by atoms with van der Waals surface area (Å²) in [5, 5.41) is 6.52. The first-order valence-corrected chi connectivity index (χ1v) is 8.97. The lowest BCUT2D eigenvalue weighted by Gasteiger charge is -2.41. The highest BCUT2D eigenvalue weighted by atomic mass is 79.9. The number of rotatable bonds is 5. The predicted molar refractivity (Wildman–Crippen MR) is 92.0 cm³/mol. The zero-order chi connectivity index (χ0) is 15.4. The number of hydrogen-bond acceptors (Lipinski definition) is 3. The van der Waals surface area contributed by atoms with Crippen LogP contribution in [0.15, 0.2) is 28.7 Å². The summed E-state index contributed by atoms with van der Waals surface area (Å²) < 4.78 is 1.06. The quantitative estimate of drug-likeness (QED) is 0.837. The van der Waals surface area contributed by atoms with Crippen molar-refractivity contribution in [3.8, 4) is 0 Å². The molecule has 0 atom stereocenters. The molecule has 22 heavy (non-hydrogen) atoms. The highest BCUT2D eigenvalue weighted by molar-refractivity contribution is 9.10. The topological polar surface area (TPSA) is 44.4 Å². The number of piperazine rings is 1. The van der Waals surface area contributed by atoms with Crippen LogP contribution >= 0.6 is 15.9 Å². The zero-order valence-corrected chi connectivity index (χ0v) is 14.5. The minimum Gasteiger partial charge on any atom is -0.354 e. The van der Waals surface area contributed by atoms with E-state index in [1.54, 1.807) is 0 Å². The second-order valence-corrected chi connectivity index (χ2v) is 7.21. The third-order valence-electron chi connectivity index (χ3n) is 4.96. The van der Waals surface area contributed by atoms with E-state index in [-0.39, 0.29) is 11.3 Å². The molecular formula is C17H24BrN3O. The molecule has 2 aliphatic rings. The van der Waals surface area contributed by atoms with Crippen molar-refractivity contribution < 1.29 is 4.79 Å². The standard InChI is InChI=1S/C17H24BrN3O/c18-15-4-2-14(3-5-15)17(6-1-7-17)16(22)20-10-13-21-11-8-19-9-12-21/h2-5,19H,1,6-13H2,(H,20,22). The highest BCUT2D eigenvalue weighted by Crippen LogP contribution is 2.44. The van der Waals surface area contributed by atoms with Crippen LogP contribution in [0.5, 0.6) is 0 Å². The fraction of sp³-hybridized carbons (Fsp3) is 0.588. The van der Waals surface area contributed by atoms with E-state index in [4.69, 9.17) is 0 Å². The van der Waals surface area contributed by atoms with Crippen molar-refractivity contribution in [1.29, 1.82) is 0 Å². The van der Waals surface area contributed by atoms with Crippen molar-refractivity contribution in [1.82, 2.24) is 15.5 Å². The molecular weight excluding hydrogens is 342 g/mol. The maximum Gasteiger partial charge on any atom is 0.230 e. The molecule has 5 heteroatoms. The maximum atomic E-state index is 12.7. The van der Waals surface area contributed by atoms with E-state index < -0.39 is 0 Å². The molecule has 1 saturated heterocycles. The Morgan fingerprint density at radius 2 is 1.91 bits per heavy atom. The van der Waals surface area contributed by atoms with E-state index >= 15 is 0 Å². The number of hydrogen-bond donors (Lipinski definition) is 2. The van der Waals surface area contributed by atoms with Gasteiger partial charge in [0.05, 0.1) is 5.41 Å². The van der Waals surface area contributed by atoms with E-state index in [0.717, 1.165) is 68.6 Å². The third kappa shape index (κ3) is 3.36. The first-order chi connectivity index (χ1) is 10.7. The van der Waals surface area contributed by atoms with Crippen molar-refractivity contribution in [2.24, 2.45) is 0 Å². The molecule has 120 valence electrons. The zero-order valence-electron chi connectivity index (χ0n) is 12.9. The highest BCUT2D eigenvalue weighted by Gasteiger charge is 2.45. The van der Waals surface area contributed by atoms with E-state index in [1.807, 2.05) is 12.1 Å². The van der Waals surface area contributed by atoms with Crippen LogP contribution in [0.2, 0.25) is 0 Å². The normalized spacial score (nSPS) is 21.1. The molecule has 1 heterocycles. The molecule has 2 N–H and O–H groups in total. The molecule has 1 amide bonds. The number of amides is 1. The summed E-state index contributed by atoms with van der Waals surface area (Å²) in [5.74, 6) is 0.205. The molecule has 1 aromatic carbocycles. The largest absolute Gasteiger partial charge is 0.354 e. The summed E-state index contributed by atoms with van der Waals surface area (Å²) in [5.41, 5.74) is 0.867. The van der Waals surface area contributed by atoms with Gasteiger partial charge in [0.25, 0.3) is 0 Å². The number of halogens is 1. The number of carbonyl (C=O) groups is 1. The van der Waals surface area contributed by atoms with Gasteiger partial charge in [-0.3, -0.25) is 9.69 Å². The fourth-order valence-corrected chi connectivity index (χ4v) is 3.64. The van der Waals surface area contributed by atoms with Crippen LogP contribution in [-0.4, -0.2) is 50.1 Å². The van der Waals surface area contributed by atoms with Crippen molar-refractivity contribution in [2.75, 3.05) is 39.3 Å². The molecule has 1 saturated carbocycles. The van der Waals surface area contributed by atoms with Gasteiger partial charge in [-0.2, -0.15) is 0 Å². The molecule has 4 nitrogen and oxygen atoms in total. The van der Waals surface area contributed by atoms with Crippen LogP contribution in [0.4, 0.5) is 0 Å². The molecule has 1 aliphatic carbocycles. The van der Waals surface area contributed by atoms with E-state index in [0.29, 0.717) is 0 Å². The Kier molecular flexibility index (Phi) is 5.16. The minimum atomic E-state index is -0.288. The van der Waals surface area contributed by atoms with Gasteiger partial charge in [0.1, 0.15) is 0 Å². The molecule has 1 aromatic rings. The Morgan fingerprint density at radius 3 is 2.50 bits per heavy atom. The van der Waals surface area contributed by atoms with Crippen molar-refractivity contribution in [2.45, 2.75) is 24.7 Å². The average Bonchev–Trinajstić information content (AvgIpc) is 2.49. The smallest absolute Gasteiger partial charge is 0.230 e. The van der Waals surface area contributed by atoms with Crippen LogP contribution in [-0.2, 0) is 10.2 Å². The Morgan fingerprint density at radius 1 is 1.23 bits per heavy atom. The lowest BCUT2D eigenvalue weighted by molar-refractivity contribution is -0.130. The second kappa shape index (κ2) is 7.11. The number of nitrogens with one attached hydrogen (secondary N) is 2. The first kappa shape index (κ1) is 16.0. The summed E-state index contributed by atoms with van der Waals surface area (Å²) in [6.45, 7) is 5.95. The third-order valence-corrected chi connectivity index (χ3v) is 5.49. The maximum absolute atomic E-state index is 12.7. The van der Waals surface area contributed by atoms with Crippen LogP contribution in [0, 0.1) is 0 Å².